The van der Waals surface area contributed by atoms with Gasteiger partial charge in [0.1, 0.15) is 5.75 Å². The lowest BCUT2D eigenvalue weighted by molar-refractivity contribution is -0.150. The van der Waals surface area contributed by atoms with E-state index < -0.39 is 5.97 Å². The molecule has 0 aliphatic heterocycles. The molecule has 2 aromatic rings. The average molecular weight is 412 g/mol. The van der Waals surface area contributed by atoms with E-state index >= 15 is 0 Å². The van der Waals surface area contributed by atoms with Crippen molar-refractivity contribution >= 4 is 17.6 Å². The molecule has 0 spiro atoms. The summed E-state index contributed by atoms with van der Waals surface area (Å²) in [6.07, 6.45) is 0.630. The number of esters is 1. The van der Waals surface area contributed by atoms with Gasteiger partial charge >= 0.3 is 5.97 Å². The maximum Gasteiger partial charge on any atom is 0.344 e. The molecule has 2 aromatic carbocycles. The number of para-hydroxylation sites is 1. The molecule has 5 nitrogen and oxygen atoms in total. The number of rotatable bonds is 9. The standard InChI is InChI=1S/C25H33NO4/c1-7-18(6)30-23(27)15-29-20-13-11-19(12-14-20)25(28)26-24-21(16(2)3)9-8-10-22(24)17(4)5/h8-14,16-18H,7,15H2,1-6H3,(H,26,28). The van der Waals surface area contributed by atoms with Crippen LogP contribution in [-0.2, 0) is 9.53 Å². The second-order valence-corrected chi connectivity index (χ2v) is 8.10. The summed E-state index contributed by atoms with van der Waals surface area (Å²) in [6, 6.07) is 12.9. The summed E-state index contributed by atoms with van der Waals surface area (Å²) < 4.78 is 10.6. The zero-order valence-electron chi connectivity index (χ0n) is 18.8. The summed E-state index contributed by atoms with van der Waals surface area (Å²) in [4.78, 5) is 24.6. The van der Waals surface area contributed by atoms with Crippen molar-refractivity contribution in [3.05, 3.63) is 59.2 Å². The molecule has 1 atom stereocenters. The van der Waals surface area contributed by atoms with Crippen LogP contribution < -0.4 is 10.1 Å². The Balaban J connectivity index is 2.08. The Morgan fingerprint density at radius 2 is 1.47 bits per heavy atom. The molecule has 1 unspecified atom stereocenters. The van der Waals surface area contributed by atoms with E-state index in [1.165, 1.54) is 0 Å². The van der Waals surface area contributed by atoms with Gasteiger partial charge in [0.2, 0.25) is 0 Å². The van der Waals surface area contributed by atoms with Crippen molar-refractivity contribution in [1.82, 2.24) is 0 Å². The van der Waals surface area contributed by atoms with Crippen LogP contribution in [-0.4, -0.2) is 24.6 Å². The number of carbonyl (C=O) groups excluding carboxylic acids is 2. The van der Waals surface area contributed by atoms with Gasteiger partial charge in [0.05, 0.1) is 6.10 Å². The van der Waals surface area contributed by atoms with E-state index in [-0.39, 0.29) is 18.6 Å². The first kappa shape index (κ1) is 23.5. The van der Waals surface area contributed by atoms with Crippen molar-refractivity contribution in [2.24, 2.45) is 0 Å². The lowest BCUT2D eigenvalue weighted by atomic mass is 9.92. The van der Waals surface area contributed by atoms with E-state index in [1.54, 1.807) is 24.3 Å². The fourth-order valence-corrected chi connectivity index (χ4v) is 3.07. The van der Waals surface area contributed by atoms with Crippen LogP contribution in [0.15, 0.2) is 42.5 Å². The van der Waals surface area contributed by atoms with E-state index in [2.05, 4.69) is 45.1 Å². The predicted molar refractivity (Wildman–Crippen MR) is 120 cm³/mol. The molecule has 162 valence electrons. The van der Waals surface area contributed by atoms with Crippen molar-refractivity contribution in [1.29, 1.82) is 0 Å². The number of carbonyl (C=O) groups is 2. The van der Waals surface area contributed by atoms with Gasteiger partial charge in [0, 0.05) is 11.3 Å². The van der Waals surface area contributed by atoms with Crippen LogP contribution in [0.3, 0.4) is 0 Å². The van der Waals surface area contributed by atoms with Gasteiger partial charge in [0.25, 0.3) is 5.91 Å². The molecule has 30 heavy (non-hydrogen) atoms. The predicted octanol–water partition coefficient (Wildman–Crippen LogP) is 5.91. The monoisotopic (exact) mass is 411 g/mol. The molecule has 5 heteroatoms. The minimum absolute atomic E-state index is 0.128. The minimum atomic E-state index is -0.405. The maximum atomic E-state index is 12.9. The Kier molecular flexibility index (Phi) is 8.46. The fraction of sp³-hybridized carbons (Fsp3) is 0.440. The van der Waals surface area contributed by atoms with Gasteiger partial charge in [-0.15, -0.1) is 0 Å². The van der Waals surface area contributed by atoms with Gasteiger partial charge in [-0.1, -0.05) is 52.8 Å². The summed E-state index contributed by atoms with van der Waals surface area (Å²) in [5.74, 6) is 0.526. The van der Waals surface area contributed by atoms with Crippen LogP contribution in [0.25, 0.3) is 0 Å². The molecule has 0 aliphatic rings. The van der Waals surface area contributed by atoms with Crippen LogP contribution >= 0.6 is 0 Å². The topological polar surface area (TPSA) is 64.6 Å². The average Bonchev–Trinajstić information content (AvgIpc) is 2.72. The summed E-state index contributed by atoms with van der Waals surface area (Å²) in [5.41, 5.74) is 3.65. The smallest absolute Gasteiger partial charge is 0.344 e. The van der Waals surface area contributed by atoms with Crippen molar-refractivity contribution < 1.29 is 19.1 Å². The van der Waals surface area contributed by atoms with Crippen LogP contribution in [0.5, 0.6) is 5.75 Å². The van der Waals surface area contributed by atoms with Gasteiger partial charge in [-0.3, -0.25) is 4.79 Å². The Morgan fingerprint density at radius 3 is 1.97 bits per heavy atom. The molecule has 0 bridgehead atoms. The Morgan fingerprint density at radius 1 is 0.900 bits per heavy atom. The lowest BCUT2D eigenvalue weighted by Gasteiger charge is -2.20. The second kappa shape index (κ2) is 10.8. The first-order chi connectivity index (χ1) is 14.2. The SMILES string of the molecule is CCC(C)OC(=O)COc1ccc(C(=O)Nc2c(C(C)C)cccc2C(C)C)cc1. The van der Waals surface area contributed by atoms with Crippen LogP contribution in [0.2, 0.25) is 0 Å². The Labute approximate surface area is 179 Å². The molecule has 1 amide bonds. The van der Waals surface area contributed by atoms with E-state index in [0.29, 0.717) is 23.1 Å². The minimum Gasteiger partial charge on any atom is -0.482 e. The molecule has 0 radical (unpaired) electrons. The largest absolute Gasteiger partial charge is 0.482 e. The van der Waals surface area contributed by atoms with Crippen LogP contribution in [0, 0.1) is 0 Å². The summed E-state index contributed by atoms with van der Waals surface area (Å²) in [5, 5.41) is 3.10. The van der Waals surface area contributed by atoms with Crippen molar-refractivity contribution in [3.63, 3.8) is 0 Å². The number of anilines is 1. The molecule has 0 saturated carbocycles. The molecule has 1 N–H and O–H groups in total. The number of ether oxygens (including phenoxy) is 2. The highest BCUT2D eigenvalue weighted by Gasteiger charge is 2.17. The molecule has 0 aromatic heterocycles. The summed E-state index contributed by atoms with van der Waals surface area (Å²) in [6.45, 7) is 12.1. The van der Waals surface area contributed by atoms with Crippen LogP contribution in [0.1, 0.15) is 81.3 Å². The Hall–Kier alpha value is -2.82. The van der Waals surface area contributed by atoms with Gasteiger partial charge in [-0.25, -0.2) is 4.79 Å². The number of amides is 1. The normalized spacial score (nSPS) is 12.0. The second-order valence-electron chi connectivity index (χ2n) is 8.10. The van der Waals surface area contributed by atoms with E-state index in [4.69, 9.17) is 9.47 Å². The van der Waals surface area contributed by atoms with Gasteiger partial charge < -0.3 is 14.8 Å². The van der Waals surface area contributed by atoms with Crippen molar-refractivity contribution in [2.75, 3.05) is 11.9 Å². The number of benzene rings is 2. The van der Waals surface area contributed by atoms with Gasteiger partial charge in [-0.05, 0) is 60.6 Å². The van der Waals surface area contributed by atoms with Gasteiger partial charge in [0.15, 0.2) is 6.61 Å². The molecular formula is C25H33NO4. The van der Waals surface area contributed by atoms with E-state index in [0.717, 1.165) is 23.2 Å². The van der Waals surface area contributed by atoms with E-state index in [9.17, 15) is 9.59 Å². The first-order valence-corrected chi connectivity index (χ1v) is 10.6. The fourth-order valence-electron chi connectivity index (χ4n) is 3.07. The zero-order valence-corrected chi connectivity index (χ0v) is 18.8. The number of hydrogen-bond acceptors (Lipinski definition) is 4. The highest BCUT2D eigenvalue weighted by atomic mass is 16.6. The first-order valence-electron chi connectivity index (χ1n) is 10.6. The van der Waals surface area contributed by atoms with Crippen molar-refractivity contribution in [3.8, 4) is 5.75 Å². The Bertz CT molecular complexity index is 830. The van der Waals surface area contributed by atoms with E-state index in [1.807, 2.05) is 19.9 Å². The number of nitrogens with one attached hydrogen (secondary N) is 1. The third-order valence-corrected chi connectivity index (χ3v) is 4.99. The van der Waals surface area contributed by atoms with Crippen LogP contribution in [0.4, 0.5) is 5.69 Å². The summed E-state index contributed by atoms with van der Waals surface area (Å²) in [7, 11) is 0. The van der Waals surface area contributed by atoms with Crippen molar-refractivity contribution in [2.45, 2.75) is 65.9 Å². The molecule has 0 heterocycles. The quantitative estimate of drug-likeness (QED) is 0.521. The summed E-state index contributed by atoms with van der Waals surface area (Å²) >= 11 is 0. The highest BCUT2D eigenvalue weighted by molar-refractivity contribution is 6.05. The molecule has 0 fully saturated rings. The third-order valence-electron chi connectivity index (χ3n) is 4.99. The highest BCUT2D eigenvalue weighted by Crippen LogP contribution is 2.32. The zero-order chi connectivity index (χ0) is 22.3. The molecule has 0 saturated heterocycles. The molecular weight excluding hydrogens is 378 g/mol. The number of hydrogen-bond donors (Lipinski definition) is 1. The third kappa shape index (κ3) is 6.34. The maximum absolute atomic E-state index is 12.9. The molecule has 0 aliphatic carbocycles. The van der Waals surface area contributed by atoms with Gasteiger partial charge in [-0.2, -0.15) is 0 Å². The molecule has 2 rings (SSSR count). The lowest BCUT2D eigenvalue weighted by Crippen LogP contribution is -2.20.